The SMILES string of the molecule is Cn1cnnc1CNS(=O)(=O)C1CCNCC1. The second-order valence-corrected chi connectivity index (χ2v) is 6.22. The van der Waals surface area contributed by atoms with Crippen molar-refractivity contribution in [2.24, 2.45) is 7.05 Å². The molecule has 1 aromatic rings. The van der Waals surface area contributed by atoms with Crippen LogP contribution in [0.2, 0.25) is 0 Å². The number of hydrogen-bond donors (Lipinski definition) is 2. The summed E-state index contributed by atoms with van der Waals surface area (Å²) in [5.74, 6) is 0.613. The Morgan fingerprint density at radius 2 is 2.24 bits per heavy atom. The number of sulfonamides is 1. The summed E-state index contributed by atoms with van der Waals surface area (Å²) < 4.78 is 28.3. The molecule has 0 unspecified atom stereocenters. The molecule has 1 aliphatic heterocycles. The normalized spacial score (nSPS) is 18.4. The minimum absolute atomic E-state index is 0.197. The summed E-state index contributed by atoms with van der Waals surface area (Å²) in [5, 5.41) is 10.4. The molecule has 0 spiro atoms. The van der Waals surface area contributed by atoms with Crippen molar-refractivity contribution in [1.82, 2.24) is 24.8 Å². The summed E-state index contributed by atoms with van der Waals surface area (Å²) in [4.78, 5) is 0. The average molecular weight is 259 g/mol. The van der Waals surface area contributed by atoms with Gasteiger partial charge in [-0.3, -0.25) is 0 Å². The van der Waals surface area contributed by atoms with Crippen LogP contribution in [0.15, 0.2) is 6.33 Å². The highest BCUT2D eigenvalue weighted by molar-refractivity contribution is 7.90. The average Bonchev–Trinajstić information content (AvgIpc) is 2.74. The molecule has 17 heavy (non-hydrogen) atoms. The molecule has 1 saturated heterocycles. The highest BCUT2D eigenvalue weighted by Crippen LogP contribution is 2.12. The lowest BCUT2D eigenvalue weighted by atomic mass is 10.2. The van der Waals surface area contributed by atoms with Gasteiger partial charge in [-0.25, -0.2) is 13.1 Å². The van der Waals surface area contributed by atoms with Gasteiger partial charge in [0.15, 0.2) is 0 Å². The minimum Gasteiger partial charge on any atom is -0.320 e. The molecule has 0 radical (unpaired) electrons. The van der Waals surface area contributed by atoms with Gasteiger partial charge in [-0.1, -0.05) is 0 Å². The van der Waals surface area contributed by atoms with Crippen molar-refractivity contribution >= 4 is 10.0 Å². The van der Waals surface area contributed by atoms with Crippen LogP contribution >= 0.6 is 0 Å². The van der Waals surface area contributed by atoms with Crippen LogP contribution in [0.4, 0.5) is 0 Å². The van der Waals surface area contributed by atoms with Gasteiger partial charge in [0.2, 0.25) is 10.0 Å². The van der Waals surface area contributed by atoms with E-state index in [1.807, 2.05) is 0 Å². The van der Waals surface area contributed by atoms with E-state index in [0.29, 0.717) is 18.7 Å². The summed E-state index contributed by atoms with van der Waals surface area (Å²) in [6.07, 6.45) is 2.87. The Labute approximate surface area is 101 Å². The van der Waals surface area contributed by atoms with E-state index < -0.39 is 10.0 Å². The van der Waals surface area contributed by atoms with Crippen LogP contribution in [0.1, 0.15) is 18.7 Å². The van der Waals surface area contributed by atoms with Crippen LogP contribution in [-0.2, 0) is 23.6 Å². The second-order valence-electron chi connectivity index (χ2n) is 4.17. The van der Waals surface area contributed by atoms with Gasteiger partial charge in [0.05, 0.1) is 11.8 Å². The minimum atomic E-state index is -3.25. The Kier molecular flexibility index (Phi) is 3.75. The lowest BCUT2D eigenvalue weighted by molar-refractivity contribution is 0.488. The van der Waals surface area contributed by atoms with E-state index in [2.05, 4.69) is 20.2 Å². The summed E-state index contributed by atoms with van der Waals surface area (Å²) in [5.41, 5.74) is 0. The Balaban J connectivity index is 1.95. The summed E-state index contributed by atoms with van der Waals surface area (Å²) in [6, 6.07) is 0. The van der Waals surface area contributed by atoms with Crippen molar-refractivity contribution in [3.63, 3.8) is 0 Å². The van der Waals surface area contributed by atoms with Gasteiger partial charge < -0.3 is 9.88 Å². The second kappa shape index (κ2) is 5.11. The molecule has 2 rings (SSSR count). The molecule has 2 N–H and O–H groups in total. The number of rotatable bonds is 4. The summed E-state index contributed by atoms with van der Waals surface area (Å²) in [7, 11) is -1.46. The largest absolute Gasteiger partial charge is 0.320 e. The van der Waals surface area contributed by atoms with Crippen LogP contribution in [0.5, 0.6) is 0 Å². The van der Waals surface area contributed by atoms with Crippen LogP contribution in [0.25, 0.3) is 0 Å². The van der Waals surface area contributed by atoms with Crippen LogP contribution in [0, 0.1) is 0 Å². The quantitative estimate of drug-likeness (QED) is 0.723. The molecular formula is C9H17N5O2S. The molecule has 2 heterocycles. The predicted molar refractivity (Wildman–Crippen MR) is 62.7 cm³/mol. The van der Waals surface area contributed by atoms with Crippen molar-refractivity contribution in [3.05, 3.63) is 12.2 Å². The van der Waals surface area contributed by atoms with E-state index in [4.69, 9.17) is 0 Å². The van der Waals surface area contributed by atoms with Crippen molar-refractivity contribution in [2.45, 2.75) is 24.6 Å². The summed E-state index contributed by atoms with van der Waals surface area (Å²) >= 11 is 0. The van der Waals surface area contributed by atoms with Gasteiger partial charge in [0.25, 0.3) is 0 Å². The van der Waals surface area contributed by atoms with Gasteiger partial charge in [0.1, 0.15) is 12.2 Å². The first-order chi connectivity index (χ1) is 8.09. The Bertz CT molecular complexity index is 463. The van der Waals surface area contributed by atoms with E-state index in [-0.39, 0.29) is 11.8 Å². The fourth-order valence-corrected chi connectivity index (χ4v) is 3.28. The molecule has 96 valence electrons. The molecule has 1 aromatic heterocycles. The number of aryl methyl sites for hydroxylation is 1. The fraction of sp³-hybridized carbons (Fsp3) is 0.778. The van der Waals surface area contributed by atoms with Crippen molar-refractivity contribution in [1.29, 1.82) is 0 Å². The van der Waals surface area contributed by atoms with E-state index in [1.165, 1.54) is 0 Å². The number of aromatic nitrogens is 3. The third kappa shape index (κ3) is 3.02. The Morgan fingerprint density at radius 1 is 1.53 bits per heavy atom. The van der Waals surface area contributed by atoms with E-state index in [9.17, 15) is 8.42 Å². The van der Waals surface area contributed by atoms with E-state index in [1.54, 1.807) is 17.9 Å². The molecule has 0 aromatic carbocycles. The van der Waals surface area contributed by atoms with Crippen LogP contribution in [-0.4, -0.2) is 41.5 Å². The first-order valence-electron chi connectivity index (χ1n) is 5.61. The highest BCUT2D eigenvalue weighted by atomic mass is 32.2. The molecule has 0 atom stereocenters. The number of hydrogen-bond acceptors (Lipinski definition) is 5. The zero-order valence-corrected chi connectivity index (χ0v) is 10.6. The van der Waals surface area contributed by atoms with Crippen molar-refractivity contribution in [3.8, 4) is 0 Å². The van der Waals surface area contributed by atoms with Gasteiger partial charge in [0, 0.05) is 7.05 Å². The smallest absolute Gasteiger partial charge is 0.214 e. The zero-order valence-electron chi connectivity index (χ0n) is 9.76. The molecule has 0 amide bonds. The standard InChI is InChI=1S/C9H17N5O2S/c1-14-7-11-13-9(14)6-12-17(15,16)8-2-4-10-5-3-8/h7-8,10,12H,2-6H2,1H3. The van der Waals surface area contributed by atoms with Crippen LogP contribution in [0.3, 0.4) is 0 Å². The lowest BCUT2D eigenvalue weighted by Crippen LogP contribution is -2.41. The van der Waals surface area contributed by atoms with Gasteiger partial charge in [-0.05, 0) is 25.9 Å². The molecule has 0 saturated carbocycles. The van der Waals surface area contributed by atoms with Gasteiger partial charge >= 0.3 is 0 Å². The maximum absolute atomic E-state index is 12.0. The molecule has 1 fully saturated rings. The molecule has 8 heteroatoms. The number of nitrogens with one attached hydrogen (secondary N) is 2. The Morgan fingerprint density at radius 3 is 2.82 bits per heavy atom. The van der Waals surface area contributed by atoms with Crippen molar-refractivity contribution in [2.75, 3.05) is 13.1 Å². The van der Waals surface area contributed by atoms with Crippen molar-refractivity contribution < 1.29 is 8.42 Å². The number of nitrogens with zero attached hydrogens (tertiary/aromatic N) is 3. The highest BCUT2D eigenvalue weighted by Gasteiger charge is 2.26. The number of piperidine rings is 1. The van der Waals surface area contributed by atoms with Gasteiger partial charge in [-0.2, -0.15) is 0 Å². The predicted octanol–water partition coefficient (Wildman–Crippen LogP) is -1.01. The molecule has 0 aliphatic carbocycles. The zero-order chi connectivity index (χ0) is 12.3. The topological polar surface area (TPSA) is 88.9 Å². The maximum atomic E-state index is 12.0. The molecule has 7 nitrogen and oxygen atoms in total. The third-order valence-corrected chi connectivity index (χ3v) is 4.86. The molecule has 0 bridgehead atoms. The van der Waals surface area contributed by atoms with E-state index >= 15 is 0 Å². The third-order valence-electron chi connectivity index (χ3n) is 2.96. The Hall–Kier alpha value is -0.990. The first-order valence-corrected chi connectivity index (χ1v) is 7.16. The van der Waals surface area contributed by atoms with E-state index in [0.717, 1.165) is 13.1 Å². The summed E-state index contributed by atoms with van der Waals surface area (Å²) in [6.45, 7) is 1.72. The maximum Gasteiger partial charge on any atom is 0.214 e. The lowest BCUT2D eigenvalue weighted by Gasteiger charge is -2.22. The fourth-order valence-electron chi connectivity index (χ4n) is 1.86. The van der Waals surface area contributed by atoms with Gasteiger partial charge in [-0.15, -0.1) is 10.2 Å². The monoisotopic (exact) mass is 259 g/mol. The molecular weight excluding hydrogens is 242 g/mol. The molecule has 1 aliphatic rings. The first kappa shape index (κ1) is 12.5. The van der Waals surface area contributed by atoms with Crippen LogP contribution < -0.4 is 10.0 Å².